The summed E-state index contributed by atoms with van der Waals surface area (Å²) in [6, 6.07) is 9.96. The van der Waals surface area contributed by atoms with Gasteiger partial charge in [-0.2, -0.15) is 0 Å². The van der Waals surface area contributed by atoms with E-state index in [2.05, 4.69) is 9.97 Å². The molecule has 3 N–H and O–H groups in total. The first-order valence-electron chi connectivity index (χ1n) is 9.78. The van der Waals surface area contributed by atoms with Crippen molar-refractivity contribution in [3.63, 3.8) is 0 Å². The fraction of sp³-hybridized carbons (Fsp3) is 0.182. The molecule has 0 unspecified atom stereocenters. The molecule has 1 aliphatic rings. The second kappa shape index (κ2) is 7.13. The van der Waals surface area contributed by atoms with Crippen molar-refractivity contribution < 1.29 is 14.3 Å². The van der Waals surface area contributed by atoms with E-state index in [4.69, 9.17) is 5.73 Å². The topological polar surface area (TPSA) is 114 Å². The molecule has 1 aromatic carbocycles. The van der Waals surface area contributed by atoms with Crippen LogP contribution in [-0.4, -0.2) is 44.7 Å². The maximum Gasteiger partial charge on any atom is 0.341 e. The van der Waals surface area contributed by atoms with Crippen LogP contribution in [-0.2, 0) is 0 Å². The Kier molecular flexibility index (Phi) is 4.40. The molecule has 31 heavy (non-hydrogen) atoms. The van der Waals surface area contributed by atoms with Gasteiger partial charge in [-0.1, -0.05) is 6.07 Å². The number of hydrogen-bond acceptors (Lipinski definition) is 6. The SMILES string of the molecule is N[C@H]1CCN(c2nc3c(cc2F)c(=O)c(C(=O)O)cn3-c2cccc3ncccc23)C1. The molecule has 1 fully saturated rings. The molecular formula is C22H18FN5O3. The molecular weight excluding hydrogens is 401 g/mol. The molecule has 5 rings (SSSR count). The standard InChI is InChI=1S/C22H18FN5O3/c23-16-9-14-19(29)15(22(30)31)11-28(18-5-1-4-17-13(18)3-2-7-25-17)20(14)26-21(16)27-8-6-12(24)10-27/h1-5,7,9,11-12H,6,8,10,24H2,(H,30,31)/t12-/m0/s1. The first kappa shape index (κ1) is 19.1. The van der Waals surface area contributed by atoms with E-state index in [0.29, 0.717) is 30.7 Å². The highest BCUT2D eigenvalue weighted by atomic mass is 19.1. The van der Waals surface area contributed by atoms with Gasteiger partial charge in [0.15, 0.2) is 17.3 Å². The van der Waals surface area contributed by atoms with Crippen molar-refractivity contribution in [2.75, 3.05) is 18.0 Å². The molecule has 0 aliphatic carbocycles. The maximum atomic E-state index is 14.9. The molecule has 0 radical (unpaired) electrons. The first-order chi connectivity index (χ1) is 14.9. The van der Waals surface area contributed by atoms with Gasteiger partial charge in [0.1, 0.15) is 5.56 Å². The van der Waals surface area contributed by atoms with Crippen LogP contribution in [0.1, 0.15) is 16.8 Å². The molecule has 1 atom stereocenters. The minimum absolute atomic E-state index is 0.0855. The van der Waals surface area contributed by atoms with Gasteiger partial charge in [-0.3, -0.25) is 14.3 Å². The average Bonchev–Trinajstić information content (AvgIpc) is 3.19. The van der Waals surface area contributed by atoms with Crippen LogP contribution in [0.3, 0.4) is 0 Å². The van der Waals surface area contributed by atoms with Crippen LogP contribution < -0.4 is 16.1 Å². The first-order valence-corrected chi connectivity index (χ1v) is 9.78. The van der Waals surface area contributed by atoms with Gasteiger partial charge in [0.25, 0.3) is 0 Å². The molecule has 9 heteroatoms. The van der Waals surface area contributed by atoms with Crippen LogP contribution in [0.2, 0.25) is 0 Å². The number of rotatable bonds is 3. The molecule has 1 aliphatic heterocycles. The number of carboxylic acids is 1. The van der Waals surface area contributed by atoms with E-state index >= 15 is 0 Å². The van der Waals surface area contributed by atoms with Gasteiger partial charge in [0.05, 0.1) is 16.6 Å². The van der Waals surface area contributed by atoms with Gasteiger partial charge in [-0.05, 0) is 36.8 Å². The monoisotopic (exact) mass is 419 g/mol. The number of pyridine rings is 3. The summed E-state index contributed by atoms with van der Waals surface area (Å²) in [7, 11) is 0. The van der Waals surface area contributed by atoms with E-state index in [1.54, 1.807) is 29.3 Å². The zero-order valence-corrected chi connectivity index (χ0v) is 16.3. The van der Waals surface area contributed by atoms with Crippen LogP contribution in [0.25, 0.3) is 27.6 Å². The fourth-order valence-corrected chi connectivity index (χ4v) is 4.05. The number of nitrogens with zero attached hydrogens (tertiary/aromatic N) is 4. The summed E-state index contributed by atoms with van der Waals surface area (Å²) in [5, 5.41) is 10.2. The second-order valence-electron chi connectivity index (χ2n) is 7.55. The van der Waals surface area contributed by atoms with Crippen LogP contribution in [0, 0.1) is 5.82 Å². The van der Waals surface area contributed by atoms with Gasteiger partial charge in [-0.15, -0.1) is 0 Å². The smallest absolute Gasteiger partial charge is 0.341 e. The minimum Gasteiger partial charge on any atom is -0.477 e. The molecule has 4 aromatic rings. The summed E-state index contributed by atoms with van der Waals surface area (Å²) in [6.07, 6.45) is 3.60. The molecule has 0 saturated carbocycles. The number of fused-ring (bicyclic) bond motifs is 2. The Morgan fingerprint density at radius 3 is 2.81 bits per heavy atom. The van der Waals surface area contributed by atoms with E-state index in [0.717, 1.165) is 11.5 Å². The summed E-state index contributed by atoms with van der Waals surface area (Å²) in [5.41, 5.74) is 6.16. The predicted octanol–water partition coefficient (Wildman–Crippen LogP) is 2.31. The van der Waals surface area contributed by atoms with E-state index in [1.165, 1.54) is 10.8 Å². The second-order valence-corrected chi connectivity index (χ2v) is 7.55. The fourth-order valence-electron chi connectivity index (χ4n) is 4.05. The average molecular weight is 419 g/mol. The zero-order chi connectivity index (χ0) is 21.7. The van der Waals surface area contributed by atoms with Crippen molar-refractivity contribution in [2.24, 2.45) is 5.73 Å². The van der Waals surface area contributed by atoms with E-state index in [-0.39, 0.29) is 22.9 Å². The summed E-state index contributed by atoms with van der Waals surface area (Å²) in [6.45, 7) is 0.997. The van der Waals surface area contributed by atoms with Gasteiger partial charge < -0.3 is 15.7 Å². The summed E-state index contributed by atoms with van der Waals surface area (Å²) in [4.78, 5) is 35.1. The van der Waals surface area contributed by atoms with Crippen LogP contribution >= 0.6 is 0 Å². The molecule has 156 valence electrons. The van der Waals surface area contributed by atoms with Crippen molar-refractivity contribution in [1.82, 2.24) is 14.5 Å². The Bertz CT molecular complexity index is 1410. The van der Waals surface area contributed by atoms with Crippen molar-refractivity contribution in [2.45, 2.75) is 12.5 Å². The summed E-state index contributed by atoms with van der Waals surface area (Å²) < 4.78 is 16.5. The van der Waals surface area contributed by atoms with Crippen LogP contribution in [0.4, 0.5) is 10.2 Å². The number of nitrogens with two attached hydrogens (primary N) is 1. The van der Waals surface area contributed by atoms with Gasteiger partial charge in [0.2, 0.25) is 5.43 Å². The highest BCUT2D eigenvalue weighted by Gasteiger charge is 2.26. The van der Waals surface area contributed by atoms with Crippen LogP contribution in [0.15, 0.2) is 53.6 Å². The molecule has 1 saturated heterocycles. The molecule has 4 heterocycles. The third kappa shape index (κ3) is 3.10. The lowest BCUT2D eigenvalue weighted by molar-refractivity contribution is 0.0695. The van der Waals surface area contributed by atoms with Crippen molar-refractivity contribution in [1.29, 1.82) is 0 Å². The lowest BCUT2D eigenvalue weighted by Crippen LogP contribution is -2.28. The zero-order valence-electron chi connectivity index (χ0n) is 16.3. The lowest BCUT2D eigenvalue weighted by Gasteiger charge is -2.20. The Balaban J connectivity index is 1.87. The largest absolute Gasteiger partial charge is 0.477 e. The van der Waals surface area contributed by atoms with Gasteiger partial charge >= 0.3 is 5.97 Å². The van der Waals surface area contributed by atoms with Crippen molar-refractivity contribution in [3.8, 4) is 5.69 Å². The Morgan fingerprint density at radius 1 is 1.23 bits per heavy atom. The van der Waals surface area contributed by atoms with E-state index in [1.807, 2.05) is 12.1 Å². The number of anilines is 1. The molecule has 8 nitrogen and oxygen atoms in total. The molecule has 0 bridgehead atoms. The third-order valence-electron chi connectivity index (χ3n) is 5.55. The Morgan fingerprint density at radius 2 is 2.06 bits per heavy atom. The molecule has 3 aromatic heterocycles. The normalized spacial score (nSPS) is 16.3. The minimum atomic E-state index is -1.39. The molecule has 0 amide bonds. The number of aromatic carboxylic acids is 1. The number of hydrogen-bond donors (Lipinski definition) is 2. The summed E-state index contributed by atoms with van der Waals surface area (Å²) >= 11 is 0. The number of halogens is 1. The number of aromatic nitrogens is 3. The highest BCUT2D eigenvalue weighted by Crippen LogP contribution is 2.28. The number of carbonyl (C=O) groups is 1. The van der Waals surface area contributed by atoms with Crippen LogP contribution in [0.5, 0.6) is 0 Å². The summed E-state index contributed by atoms with van der Waals surface area (Å²) in [5.74, 6) is -1.99. The van der Waals surface area contributed by atoms with Gasteiger partial charge in [0, 0.05) is 36.9 Å². The third-order valence-corrected chi connectivity index (χ3v) is 5.55. The number of carboxylic acid groups (broad SMARTS) is 1. The van der Waals surface area contributed by atoms with E-state index < -0.39 is 22.8 Å². The predicted molar refractivity (Wildman–Crippen MR) is 114 cm³/mol. The highest BCUT2D eigenvalue weighted by molar-refractivity contribution is 5.95. The number of benzene rings is 1. The molecule has 0 spiro atoms. The maximum absolute atomic E-state index is 14.9. The van der Waals surface area contributed by atoms with Crippen molar-refractivity contribution in [3.05, 3.63) is 70.4 Å². The van der Waals surface area contributed by atoms with Crippen molar-refractivity contribution >= 4 is 33.7 Å². The van der Waals surface area contributed by atoms with E-state index in [9.17, 15) is 19.1 Å². The Hall–Kier alpha value is -3.85. The van der Waals surface area contributed by atoms with Gasteiger partial charge in [-0.25, -0.2) is 14.2 Å². The quantitative estimate of drug-likeness (QED) is 0.524. The Labute approximate surface area is 175 Å². The lowest BCUT2D eigenvalue weighted by atomic mass is 10.1.